The lowest BCUT2D eigenvalue weighted by atomic mass is 9.82. The van der Waals surface area contributed by atoms with Crippen molar-refractivity contribution in [2.75, 3.05) is 0 Å². The van der Waals surface area contributed by atoms with Crippen molar-refractivity contribution in [2.45, 2.75) is 90.0 Å². The highest BCUT2D eigenvalue weighted by Gasteiger charge is 2.66. The first-order valence-corrected chi connectivity index (χ1v) is 10.9. The average Bonchev–Trinajstić information content (AvgIpc) is 3.30. The van der Waals surface area contributed by atoms with E-state index in [0.29, 0.717) is 12.8 Å². The van der Waals surface area contributed by atoms with Gasteiger partial charge in [0.05, 0.1) is 12.0 Å². The Morgan fingerprint density at radius 2 is 1.81 bits per heavy atom. The zero-order valence-electron chi connectivity index (χ0n) is 19.3. The van der Waals surface area contributed by atoms with Crippen LogP contribution in [0, 0.1) is 5.92 Å². The molecule has 0 aromatic rings. The number of hydrogen-bond acceptors (Lipinski definition) is 8. The second kappa shape index (κ2) is 9.19. The third kappa shape index (κ3) is 4.96. The maximum atomic E-state index is 12.4. The Kier molecular flexibility index (Phi) is 6.95. The summed E-state index contributed by atoms with van der Waals surface area (Å²) in [5.41, 5.74) is 1.01. The van der Waals surface area contributed by atoms with Crippen molar-refractivity contribution in [2.24, 2.45) is 5.92 Å². The standard InChI is InChI=1S/C24H32O8/c1-12-7-9-17(29-15(4)25)13(2)8-10-19(27)24(6)22(32-24)21-20(14(3)23(28)31-21)18(11-12)30-16(5)26/h7-8,17-22,27H,3,9-11H2,1-2,4-6H3. The number of aliphatic hydroxyl groups is 1. The van der Waals surface area contributed by atoms with E-state index in [9.17, 15) is 19.5 Å². The van der Waals surface area contributed by atoms with Gasteiger partial charge < -0.3 is 24.1 Å². The van der Waals surface area contributed by atoms with Crippen molar-refractivity contribution in [3.05, 3.63) is 35.5 Å². The molecule has 2 fully saturated rings. The molecule has 7 unspecified atom stereocenters. The van der Waals surface area contributed by atoms with Crippen molar-refractivity contribution in [3.63, 3.8) is 0 Å². The van der Waals surface area contributed by atoms with Gasteiger partial charge in [-0.15, -0.1) is 0 Å². The molecule has 176 valence electrons. The summed E-state index contributed by atoms with van der Waals surface area (Å²) >= 11 is 0. The summed E-state index contributed by atoms with van der Waals surface area (Å²) in [6.07, 6.45) is 1.50. The molecule has 7 atom stereocenters. The molecule has 0 amide bonds. The number of ether oxygens (including phenoxy) is 4. The van der Waals surface area contributed by atoms with Crippen LogP contribution in [-0.4, -0.2) is 59.1 Å². The molecular weight excluding hydrogens is 416 g/mol. The maximum absolute atomic E-state index is 12.4. The highest BCUT2D eigenvalue weighted by molar-refractivity contribution is 5.91. The maximum Gasteiger partial charge on any atom is 0.334 e. The number of rotatable bonds is 2. The van der Waals surface area contributed by atoms with E-state index in [0.717, 1.165) is 11.1 Å². The van der Waals surface area contributed by atoms with Crippen molar-refractivity contribution in [1.29, 1.82) is 0 Å². The molecule has 8 heteroatoms. The van der Waals surface area contributed by atoms with Crippen LogP contribution in [0.4, 0.5) is 0 Å². The second-order valence-electron chi connectivity index (χ2n) is 9.08. The van der Waals surface area contributed by atoms with Gasteiger partial charge in [0.25, 0.3) is 0 Å². The Hall–Kier alpha value is -2.45. The molecule has 0 spiro atoms. The molecule has 2 heterocycles. The number of epoxide rings is 1. The molecule has 0 radical (unpaired) electrons. The van der Waals surface area contributed by atoms with Crippen LogP contribution in [0.15, 0.2) is 35.5 Å². The van der Waals surface area contributed by atoms with Crippen LogP contribution in [-0.2, 0) is 33.3 Å². The number of carbonyl (C=O) groups is 3. The average molecular weight is 449 g/mol. The molecule has 32 heavy (non-hydrogen) atoms. The lowest BCUT2D eigenvalue weighted by Crippen LogP contribution is -2.40. The quantitative estimate of drug-likeness (QED) is 0.226. The van der Waals surface area contributed by atoms with Crippen molar-refractivity contribution in [3.8, 4) is 0 Å². The Balaban J connectivity index is 2.00. The van der Waals surface area contributed by atoms with Gasteiger partial charge in [-0.2, -0.15) is 0 Å². The summed E-state index contributed by atoms with van der Waals surface area (Å²) < 4.78 is 22.5. The summed E-state index contributed by atoms with van der Waals surface area (Å²) in [5.74, 6) is -2.03. The number of hydrogen-bond donors (Lipinski definition) is 1. The largest absolute Gasteiger partial charge is 0.461 e. The molecule has 0 aromatic carbocycles. The zero-order chi connectivity index (χ0) is 23.8. The molecule has 8 nitrogen and oxygen atoms in total. The first-order valence-electron chi connectivity index (χ1n) is 10.9. The molecule has 3 rings (SSSR count). The minimum atomic E-state index is -0.933. The summed E-state index contributed by atoms with van der Waals surface area (Å²) in [6.45, 7) is 12.1. The minimum Gasteiger partial charge on any atom is -0.461 e. The minimum absolute atomic E-state index is 0.224. The van der Waals surface area contributed by atoms with Crippen LogP contribution in [0.5, 0.6) is 0 Å². The molecule has 3 aliphatic rings. The third-order valence-corrected chi connectivity index (χ3v) is 6.51. The van der Waals surface area contributed by atoms with E-state index in [1.807, 2.05) is 26.0 Å². The van der Waals surface area contributed by atoms with E-state index in [-0.39, 0.29) is 12.0 Å². The SMILES string of the molecule is C=C1C(=O)OC2C1C(OC(C)=O)CC(C)=CCC(OC(C)=O)C(C)=CCC(O)C1(C)OC21. The van der Waals surface area contributed by atoms with Gasteiger partial charge in [-0.3, -0.25) is 9.59 Å². The van der Waals surface area contributed by atoms with Crippen molar-refractivity contribution in [1.82, 2.24) is 0 Å². The fourth-order valence-corrected chi connectivity index (χ4v) is 4.55. The molecule has 2 aliphatic heterocycles. The van der Waals surface area contributed by atoms with Crippen LogP contribution in [0.1, 0.15) is 53.9 Å². The van der Waals surface area contributed by atoms with Gasteiger partial charge in [0.15, 0.2) is 0 Å². The molecule has 1 aliphatic carbocycles. The van der Waals surface area contributed by atoms with Gasteiger partial charge in [-0.25, -0.2) is 4.79 Å². The number of carbonyl (C=O) groups excluding carboxylic acids is 3. The van der Waals surface area contributed by atoms with Crippen LogP contribution < -0.4 is 0 Å². The summed E-state index contributed by atoms with van der Waals surface area (Å²) in [4.78, 5) is 35.8. The number of fused-ring (bicyclic) bond motifs is 3. The summed E-state index contributed by atoms with van der Waals surface area (Å²) in [7, 11) is 0. The van der Waals surface area contributed by atoms with Gasteiger partial charge in [-0.1, -0.05) is 24.3 Å². The first-order chi connectivity index (χ1) is 14.9. The fourth-order valence-electron chi connectivity index (χ4n) is 4.55. The molecule has 2 saturated heterocycles. The van der Waals surface area contributed by atoms with E-state index in [2.05, 4.69) is 6.58 Å². The zero-order valence-corrected chi connectivity index (χ0v) is 19.3. The van der Waals surface area contributed by atoms with Crippen LogP contribution in [0.2, 0.25) is 0 Å². The topological polar surface area (TPSA) is 112 Å². The van der Waals surface area contributed by atoms with Gasteiger partial charge >= 0.3 is 17.9 Å². The van der Waals surface area contributed by atoms with E-state index in [1.54, 1.807) is 6.92 Å². The number of esters is 3. The highest BCUT2D eigenvalue weighted by Crippen LogP contribution is 2.50. The third-order valence-electron chi connectivity index (χ3n) is 6.51. The van der Waals surface area contributed by atoms with Crippen LogP contribution in [0.25, 0.3) is 0 Å². The Bertz CT molecular complexity index is 871. The van der Waals surface area contributed by atoms with E-state index < -0.39 is 59.9 Å². The fraction of sp³-hybridized carbons (Fsp3) is 0.625. The highest BCUT2D eigenvalue weighted by atomic mass is 16.7. The first kappa shape index (κ1) is 24.2. The predicted octanol–water partition coefficient (Wildman–Crippen LogP) is 2.54. The Labute approximate surface area is 188 Å². The van der Waals surface area contributed by atoms with Gasteiger partial charge in [0.2, 0.25) is 0 Å². The van der Waals surface area contributed by atoms with Crippen molar-refractivity contribution >= 4 is 17.9 Å². The second-order valence-corrected chi connectivity index (χ2v) is 9.08. The van der Waals surface area contributed by atoms with Crippen LogP contribution >= 0.6 is 0 Å². The molecular formula is C24H32O8. The van der Waals surface area contributed by atoms with Crippen molar-refractivity contribution < 1.29 is 38.4 Å². The Morgan fingerprint density at radius 1 is 1.16 bits per heavy atom. The molecule has 0 aromatic heterocycles. The van der Waals surface area contributed by atoms with Gasteiger partial charge in [-0.05, 0) is 32.8 Å². The van der Waals surface area contributed by atoms with E-state index in [4.69, 9.17) is 18.9 Å². The van der Waals surface area contributed by atoms with E-state index >= 15 is 0 Å². The predicted molar refractivity (Wildman–Crippen MR) is 114 cm³/mol. The normalized spacial score (nSPS) is 37.7. The number of aliphatic hydroxyl groups excluding tert-OH is 1. The summed E-state index contributed by atoms with van der Waals surface area (Å²) in [5, 5.41) is 10.8. The molecule has 0 saturated carbocycles. The molecule has 1 N–H and O–H groups in total. The lowest BCUT2D eigenvalue weighted by molar-refractivity contribution is -0.150. The summed E-state index contributed by atoms with van der Waals surface area (Å²) in [6, 6.07) is 0. The lowest BCUT2D eigenvalue weighted by Gasteiger charge is -2.28. The monoisotopic (exact) mass is 448 g/mol. The Morgan fingerprint density at radius 3 is 2.44 bits per heavy atom. The van der Waals surface area contributed by atoms with Gasteiger partial charge in [0, 0.05) is 32.3 Å². The smallest absolute Gasteiger partial charge is 0.334 e. The van der Waals surface area contributed by atoms with E-state index in [1.165, 1.54) is 13.8 Å². The van der Waals surface area contributed by atoms with Crippen LogP contribution in [0.3, 0.4) is 0 Å². The van der Waals surface area contributed by atoms with Gasteiger partial charge in [0.1, 0.15) is 30.0 Å². The molecule has 0 bridgehead atoms.